The molecule has 0 saturated carbocycles. The number of nitrogens with zero attached hydrogens (tertiary/aromatic N) is 3. The van der Waals surface area contributed by atoms with Crippen LogP contribution in [-0.4, -0.2) is 39.0 Å². The molecule has 1 heterocycles. The summed E-state index contributed by atoms with van der Waals surface area (Å²) in [7, 11) is 1.90. The van der Waals surface area contributed by atoms with E-state index in [1.165, 1.54) is 22.2 Å². The molecular weight excluding hydrogens is 432 g/mol. The van der Waals surface area contributed by atoms with Crippen LogP contribution in [0.1, 0.15) is 28.7 Å². The number of rotatable bonds is 9. The first kappa shape index (κ1) is 22.9. The second kappa shape index (κ2) is 11.0. The number of nitrogens with one attached hydrogen (secondary N) is 1. The maximum Gasteiger partial charge on any atom is 0.338 e. The first-order valence-corrected chi connectivity index (χ1v) is 11.7. The molecule has 0 fully saturated rings. The predicted molar refractivity (Wildman–Crippen MR) is 123 cm³/mol. The van der Waals surface area contributed by atoms with Gasteiger partial charge in [-0.3, -0.25) is 4.79 Å². The molecule has 1 N–H and O–H groups in total. The van der Waals surface area contributed by atoms with Crippen LogP contribution in [0.4, 0.5) is 5.69 Å². The summed E-state index contributed by atoms with van der Waals surface area (Å²) in [5.74, 6) is 1.22. The summed E-state index contributed by atoms with van der Waals surface area (Å²) in [5, 5.41) is 11.9. The lowest BCUT2D eigenvalue weighted by Crippen LogP contribution is -2.14. The minimum atomic E-state index is -0.380. The summed E-state index contributed by atoms with van der Waals surface area (Å²) in [5.41, 5.74) is 2.30. The Morgan fingerprint density at radius 2 is 1.74 bits per heavy atom. The maximum absolute atomic E-state index is 12.3. The van der Waals surface area contributed by atoms with Crippen LogP contribution in [0.5, 0.6) is 0 Å². The maximum atomic E-state index is 12.3. The fourth-order valence-corrected chi connectivity index (χ4v) is 4.22. The number of esters is 1. The number of carbonyl (C=O) groups excluding carboxylic acids is 2. The molecule has 0 aliphatic carbocycles. The van der Waals surface area contributed by atoms with Crippen LogP contribution >= 0.6 is 23.5 Å². The number of aromatic nitrogens is 3. The lowest BCUT2D eigenvalue weighted by Gasteiger charge is -2.07. The van der Waals surface area contributed by atoms with E-state index in [-0.39, 0.29) is 17.6 Å². The van der Waals surface area contributed by atoms with Gasteiger partial charge in [0.05, 0.1) is 23.7 Å². The van der Waals surface area contributed by atoms with Gasteiger partial charge in [-0.15, -0.1) is 22.0 Å². The lowest BCUT2D eigenvalue weighted by molar-refractivity contribution is -0.113. The summed E-state index contributed by atoms with van der Waals surface area (Å²) >= 11 is 3.02. The quantitative estimate of drug-likeness (QED) is 0.379. The third-order valence-electron chi connectivity index (χ3n) is 4.33. The highest BCUT2D eigenvalue weighted by Crippen LogP contribution is 2.24. The van der Waals surface area contributed by atoms with Gasteiger partial charge in [0.25, 0.3) is 0 Å². The van der Waals surface area contributed by atoms with Crippen LogP contribution in [-0.2, 0) is 22.3 Å². The lowest BCUT2D eigenvalue weighted by atomic mass is 10.2. The van der Waals surface area contributed by atoms with Gasteiger partial charge < -0.3 is 14.6 Å². The highest BCUT2D eigenvalue weighted by molar-refractivity contribution is 7.99. The van der Waals surface area contributed by atoms with Crippen LogP contribution in [0.15, 0.2) is 58.6 Å². The average Bonchev–Trinajstić information content (AvgIpc) is 3.12. The Labute approximate surface area is 190 Å². The van der Waals surface area contributed by atoms with Gasteiger partial charge in [0.2, 0.25) is 5.91 Å². The van der Waals surface area contributed by atoms with Crippen molar-refractivity contribution >= 4 is 41.1 Å². The minimum absolute atomic E-state index is 0.160. The molecule has 0 atom stereocenters. The predicted octanol–water partition coefficient (Wildman–Crippen LogP) is 4.32. The largest absolute Gasteiger partial charge is 0.462 e. The second-order valence-corrected chi connectivity index (χ2v) is 8.69. The van der Waals surface area contributed by atoms with Crippen molar-refractivity contribution < 1.29 is 14.3 Å². The molecule has 0 spiro atoms. The topological polar surface area (TPSA) is 86.1 Å². The molecule has 0 saturated heterocycles. The third kappa shape index (κ3) is 6.60. The Balaban J connectivity index is 1.49. The summed E-state index contributed by atoms with van der Waals surface area (Å²) in [4.78, 5) is 25.1. The summed E-state index contributed by atoms with van der Waals surface area (Å²) < 4.78 is 6.86. The van der Waals surface area contributed by atoms with Gasteiger partial charge in [0.15, 0.2) is 5.16 Å². The highest BCUT2D eigenvalue weighted by Gasteiger charge is 2.12. The van der Waals surface area contributed by atoms with E-state index < -0.39 is 0 Å². The zero-order chi connectivity index (χ0) is 22.2. The number of thioether (sulfide) groups is 2. The molecule has 1 amide bonds. The molecule has 162 valence electrons. The van der Waals surface area contributed by atoms with Gasteiger partial charge in [0, 0.05) is 17.6 Å². The van der Waals surface area contributed by atoms with Crippen molar-refractivity contribution in [3.63, 3.8) is 0 Å². The molecule has 1 aromatic heterocycles. The zero-order valence-electron chi connectivity index (χ0n) is 17.6. The van der Waals surface area contributed by atoms with Gasteiger partial charge in [-0.05, 0) is 50.2 Å². The number of hydrogen-bond donors (Lipinski definition) is 1. The Morgan fingerprint density at radius 1 is 1.03 bits per heavy atom. The van der Waals surface area contributed by atoms with E-state index in [0.29, 0.717) is 28.8 Å². The molecule has 0 unspecified atom stereocenters. The molecule has 9 heteroatoms. The van der Waals surface area contributed by atoms with Crippen LogP contribution in [0.3, 0.4) is 0 Å². The third-order valence-corrected chi connectivity index (χ3v) is 6.35. The number of benzene rings is 2. The van der Waals surface area contributed by atoms with Crippen molar-refractivity contribution in [1.29, 1.82) is 0 Å². The van der Waals surface area contributed by atoms with Gasteiger partial charge in [-0.1, -0.05) is 29.5 Å². The van der Waals surface area contributed by atoms with Crippen LogP contribution in [0.2, 0.25) is 0 Å². The van der Waals surface area contributed by atoms with E-state index in [9.17, 15) is 9.59 Å². The van der Waals surface area contributed by atoms with Crippen molar-refractivity contribution in [2.75, 3.05) is 17.7 Å². The van der Waals surface area contributed by atoms with Crippen molar-refractivity contribution in [2.24, 2.45) is 7.05 Å². The van der Waals surface area contributed by atoms with E-state index in [1.54, 1.807) is 43.0 Å². The average molecular weight is 457 g/mol. The molecule has 3 rings (SSSR count). The van der Waals surface area contributed by atoms with E-state index in [4.69, 9.17) is 4.74 Å². The van der Waals surface area contributed by atoms with Crippen molar-refractivity contribution in [1.82, 2.24) is 14.8 Å². The SMILES string of the molecule is CCOC(=O)c1ccc(NC(=O)CSc2nnc(CSc3ccc(C)cc3)n2C)cc1. The van der Waals surface area contributed by atoms with Gasteiger partial charge in [0.1, 0.15) is 5.82 Å². The van der Waals surface area contributed by atoms with Crippen molar-refractivity contribution in [3.8, 4) is 0 Å². The summed E-state index contributed by atoms with van der Waals surface area (Å²) in [6.45, 7) is 4.14. The smallest absolute Gasteiger partial charge is 0.338 e. The number of aryl methyl sites for hydroxylation is 1. The van der Waals surface area contributed by atoms with E-state index in [1.807, 2.05) is 11.6 Å². The fourth-order valence-electron chi connectivity index (χ4n) is 2.61. The number of anilines is 1. The second-order valence-electron chi connectivity index (χ2n) is 6.69. The minimum Gasteiger partial charge on any atom is -0.462 e. The first-order chi connectivity index (χ1) is 15.0. The Morgan fingerprint density at radius 3 is 2.42 bits per heavy atom. The van der Waals surface area contributed by atoms with E-state index in [0.717, 1.165) is 5.82 Å². The number of amides is 1. The molecular formula is C22H24N4O3S2. The van der Waals surface area contributed by atoms with Crippen LogP contribution in [0, 0.1) is 6.92 Å². The monoisotopic (exact) mass is 456 g/mol. The number of hydrogen-bond acceptors (Lipinski definition) is 7. The fraction of sp³-hybridized carbons (Fsp3) is 0.273. The number of ether oxygens (including phenoxy) is 1. The summed E-state index contributed by atoms with van der Waals surface area (Å²) in [6.07, 6.45) is 0. The molecule has 2 aromatic carbocycles. The standard InChI is InChI=1S/C22H24N4O3S2/c1-4-29-21(28)16-7-9-17(10-8-16)23-20(27)14-31-22-25-24-19(26(22)3)13-30-18-11-5-15(2)6-12-18/h5-12H,4,13-14H2,1-3H3,(H,23,27). The molecule has 0 radical (unpaired) electrons. The van der Waals surface area contributed by atoms with E-state index >= 15 is 0 Å². The molecule has 0 aliphatic rings. The summed E-state index contributed by atoms with van der Waals surface area (Å²) in [6, 6.07) is 15.0. The van der Waals surface area contributed by atoms with Crippen LogP contribution < -0.4 is 5.32 Å². The molecule has 0 bridgehead atoms. The normalized spacial score (nSPS) is 10.7. The molecule has 7 nitrogen and oxygen atoms in total. The molecule has 0 aliphatic heterocycles. The number of carbonyl (C=O) groups is 2. The Kier molecular flexibility index (Phi) is 8.13. The molecule has 3 aromatic rings. The molecule has 31 heavy (non-hydrogen) atoms. The first-order valence-electron chi connectivity index (χ1n) is 9.74. The van der Waals surface area contributed by atoms with Crippen molar-refractivity contribution in [3.05, 3.63) is 65.5 Å². The Bertz CT molecular complexity index is 1030. The van der Waals surface area contributed by atoms with Gasteiger partial charge in [-0.25, -0.2) is 4.79 Å². The van der Waals surface area contributed by atoms with E-state index in [2.05, 4.69) is 46.7 Å². The Hall–Kier alpha value is -2.78. The highest BCUT2D eigenvalue weighted by atomic mass is 32.2. The van der Waals surface area contributed by atoms with Gasteiger partial charge in [-0.2, -0.15) is 0 Å². The van der Waals surface area contributed by atoms with Crippen LogP contribution in [0.25, 0.3) is 0 Å². The van der Waals surface area contributed by atoms with Crippen molar-refractivity contribution in [2.45, 2.75) is 29.7 Å². The van der Waals surface area contributed by atoms with Gasteiger partial charge >= 0.3 is 5.97 Å². The zero-order valence-corrected chi connectivity index (χ0v) is 19.3.